The summed E-state index contributed by atoms with van der Waals surface area (Å²) in [5.41, 5.74) is 5.32. The first-order chi connectivity index (χ1) is 9.08. The molecule has 1 saturated heterocycles. The van der Waals surface area contributed by atoms with Gasteiger partial charge in [-0.05, 0) is 6.92 Å². The quantitative estimate of drug-likeness (QED) is 0.639. The molecule has 0 aromatic heterocycles. The summed E-state index contributed by atoms with van der Waals surface area (Å²) in [4.78, 5) is 11.5. The van der Waals surface area contributed by atoms with Crippen LogP contribution < -0.4 is 11.1 Å². The maximum Gasteiger partial charge on any atom is 0.234 e. The van der Waals surface area contributed by atoms with Crippen molar-refractivity contribution in [1.29, 1.82) is 0 Å². The van der Waals surface area contributed by atoms with Gasteiger partial charge in [-0.1, -0.05) is 0 Å². The fraction of sp³-hybridized carbons (Fsp3) is 0.917. The van der Waals surface area contributed by atoms with Gasteiger partial charge in [-0.25, -0.2) is 0 Å². The van der Waals surface area contributed by atoms with E-state index in [1.54, 1.807) is 21.3 Å². The van der Waals surface area contributed by atoms with Crippen molar-refractivity contribution in [2.24, 2.45) is 5.73 Å². The number of nitrogens with one attached hydrogen (secondary N) is 1. The molecule has 1 aliphatic heterocycles. The van der Waals surface area contributed by atoms with Gasteiger partial charge in [0.15, 0.2) is 0 Å². The van der Waals surface area contributed by atoms with Gasteiger partial charge in [-0.2, -0.15) is 0 Å². The highest BCUT2D eigenvalue weighted by molar-refractivity contribution is 5.78. The average molecular weight is 276 g/mol. The first kappa shape index (κ1) is 16.3. The second kappa shape index (κ2) is 7.76. The van der Waals surface area contributed by atoms with Gasteiger partial charge in [0.2, 0.25) is 5.91 Å². The van der Waals surface area contributed by atoms with Crippen molar-refractivity contribution in [3.63, 3.8) is 0 Å². The molecule has 1 rings (SSSR count). The molecule has 1 fully saturated rings. The Morgan fingerprint density at radius 2 is 1.89 bits per heavy atom. The lowest BCUT2D eigenvalue weighted by Gasteiger charge is -2.44. The number of methoxy groups -OCH3 is 3. The summed E-state index contributed by atoms with van der Waals surface area (Å²) in [6.07, 6.45) is -1.08. The molecule has 5 atom stereocenters. The van der Waals surface area contributed by atoms with Gasteiger partial charge in [-0.15, -0.1) is 0 Å². The minimum atomic E-state index is -0.316. The molecule has 7 heteroatoms. The van der Waals surface area contributed by atoms with Crippen LogP contribution in [0.3, 0.4) is 0 Å². The molecule has 0 spiro atoms. The molecule has 0 saturated carbocycles. The van der Waals surface area contributed by atoms with Gasteiger partial charge >= 0.3 is 0 Å². The number of carbonyl (C=O) groups excluding carboxylic acids is 1. The number of hydrogen-bond acceptors (Lipinski definition) is 6. The second-order valence-electron chi connectivity index (χ2n) is 4.53. The molecule has 3 N–H and O–H groups in total. The van der Waals surface area contributed by atoms with Crippen molar-refractivity contribution in [2.45, 2.75) is 37.4 Å². The molecular formula is C12H24N2O5. The first-order valence-corrected chi connectivity index (χ1v) is 6.28. The maximum atomic E-state index is 11.5. The van der Waals surface area contributed by atoms with Crippen molar-refractivity contribution in [2.75, 3.05) is 34.5 Å². The van der Waals surface area contributed by atoms with Crippen molar-refractivity contribution in [3.05, 3.63) is 0 Å². The van der Waals surface area contributed by atoms with Crippen LogP contribution in [0.25, 0.3) is 0 Å². The molecule has 1 aliphatic rings. The fourth-order valence-corrected chi connectivity index (χ4v) is 2.43. The van der Waals surface area contributed by atoms with Gasteiger partial charge in [0, 0.05) is 21.3 Å². The summed E-state index contributed by atoms with van der Waals surface area (Å²) in [5, 5.41) is 2.81. The molecule has 1 heterocycles. The number of hydrogen-bond donors (Lipinski definition) is 2. The van der Waals surface area contributed by atoms with Crippen LogP contribution in [-0.2, 0) is 23.7 Å². The van der Waals surface area contributed by atoms with Crippen LogP contribution in [0.5, 0.6) is 0 Å². The van der Waals surface area contributed by atoms with Gasteiger partial charge in [0.05, 0.1) is 25.3 Å². The molecule has 0 radical (unpaired) electrons. The number of carbonyl (C=O) groups is 1. The molecule has 0 aromatic rings. The minimum Gasteiger partial charge on any atom is -0.382 e. The first-order valence-electron chi connectivity index (χ1n) is 6.28. The van der Waals surface area contributed by atoms with E-state index in [2.05, 4.69) is 5.32 Å². The van der Waals surface area contributed by atoms with E-state index in [0.717, 1.165) is 0 Å². The van der Waals surface area contributed by atoms with E-state index in [1.165, 1.54) is 0 Å². The van der Waals surface area contributed by atoms with E-state index in [9.17, 15) is 4.79 Å². The lowest BCUT2D eigenvalue weighted by Crippen LogP contribution is -2.65. The Morgan fingerprint density at radius 3 is 2.37 bits per heavy atom. The predicted octanol–water partition coefficient (Wildman–Crippen LogP) is -1.11. The van der Waals surface area contributed by atoms with E-state index in [1.807, 2.05) is 6.92 Å². The zero-order valence-electron chi connectivity index (χ0n) is 11.9. The highest BCUT2D eigenvalue weighted by atomic mass is 16.6. The van der Waals surface area contributed by atoms with Gasteiger partial charge in [0.25, 0.3) is 0 Å². The van der Waals surface area contributed by atoms with Crippen molar-refractivity contribution >= 4 is 5.91 Å². The maximum absolute atomic E-state index is 11.5. The summed E-state index contributed by atoms with van der Waals surface area (Å²) in [6, 6.07) is -0.306. The highest BCUT2D eigenvalue weighted by Crippen LogP contribution is 2.25. The van der Waals surface area contributed by atoms with Crippen LogP contribution >= 0.6 is 0 Å². The smallest absolute Gasteiger partial charge is 0.234 e. The zero-order chi connectivity index (χ0) is 14.4. The SMILES string of the molecule is COCC1OC(C)C(NC(=O)CN)[C@@H](OC)[C@H]1OC. The van der Waals surface area contributed by atoms with Crippen LogP contribution in [-0.4, -0.2) is 70.8 Å². The van der Waals surface area contributed by atoms with Crippen molar-refractivity contribution in [3.8, 4) is 0 Å². The number of rotatable bonds is 6. The third kappa shape index (κ3) is 3.87. The summed E-state index contributed by atoms with van der Waals surface area (Å²) in [7, 11) is 4.77. The predicted molar refractivity (Wildman–Crippen MR) is 68.8 cm³/mol. The number of nitrogens with two attached hydrogens (primary N) is 1. The Balaban J connectivity index is 2.84. The summed E-state index contributed by atoms with van der Waals surface area (Å²) < 4.78 is 21.9. The third-order valence-electron chi connectivity index (χ3n) is 3.33. The summed E-state index contributed by atoms with van der Waals surface area (Å²) in [5.74, 6) is -0.248. The van der Waals surface area contributed by atoms with E-state index in [-0.39, 0.29) is 42.9 Å². The normalized spacial score (nSPS) is 35.1. The molecule has 3 unspecified atom stereocenters. The van der Waals surface area contributed by atoms with Crippen LogP contribution in [0.15, 0.2) is 0 Å². The van der Waals surface area contributed by atoms with Gasteiger partial charge < -0.3 is 30.0 Å². The molecule has 1 amide bonds. The lowest BCUT2D eigenvalue weighted by molar-refractivity contribution is -0.208. The molecule has 112 valence electrons. The van der Waals surface area contributed by atoms with E-state index >= 15 is 0 Å². The standard InChI is InChI=1S/C12H24N2O5/c1-7-10(14-9(15)5-13)12(18-4)11(17-3)8(19-7)6-16-2/h7-8,10-12H,5-6,13H2,1-4H3,(H,14,15)/t7?,8?,10?,11-,12+/m0/s1. The molecule has 0 aliphatic carbocycles. The Hall–Kier alpha value is -0.730. The monoisotopic (exact) mass is 276 g/mol. The molecule has 0 aromatic carbocycles. The average Bonchev–Trinajstić information content (AvgIpc) is 2.41. The van der Waals surface area contributed by atoms with E-state index in [0.29, 0.717) is 6.61 Å². The third-order valence-corrected chi connectivity index (χ3v) is 3.33. The Kier molecular flexibility index (Phi) is 6.67. The minimum absolute atomic E-state index is 0.0706. The number of ether oxygens (including phenoxy) is 4. The second-order valence-corrected chi connectivity index (χ2v) is 4.53. The van der Waals surface area contributed by atoms with Crippen LogP contribution in [0.1, 0.15) is 6.92 Å². The largest absolute Gasteiger partial charge is 0.382 e. The molecule has 7 nitrogen and oxygen atoms in total. The number of amides is 1. The topological polar surface area (TPSA) is 92.0 Å². The Morgan fingerprint density at radius 1 is 1.26 bits per heavy atom. The molecule has 0 bridgehead atoms. The van der Waals surface area contributed by atoms with Crippen LogP contribution in [0.2, 0.25) is 0 Å². The zero-order valence-corrected chi connectivity index (χ0v) is 11.9. The highest BCUT2D eigenvalue weighted by Gasteiger charge is 2.45. The van der Waals surface area contributed by atoms with Crippen LogP contribution in [0, 0.1) is 0 Å². The van der Waals surface area contributed by atoms with Gasteiger partial charge in [0.1, 0.15) is 18.3 Å². The van der Waals surface area contributed by atoms with Crippen LogP contribution in [0.4, 0.5) is 0 Å². The Labute approximate surface area is 113 Å². The molecule has 19 heavy (non-hydrogen) atoms. The summed E-state index contributed by atoms with van der Waals surface area (Å²) in [6.45, 7) is 2.21. The van der Waals surface area contributed by atoms with Gasteiger partial charge in [-0.3, -0.25) is 4.79 Å². The van der Waals surface area contributed by atoms with E-state index < -0.39 is 0 Å². The van der Waals surface area contributed by atoms with Crippen molar-refractivity contribution < 1.29 is 23.7 Å². The van der Waals surface area contributed by atoms with E-state index in [4.69, 9.17) is 24.7 Å². The molecular weight excluding hydrogens is 252 g/mol. The Bertz CT molecular complexity index is 289. The fourth-order valence-electron chi connectivity index (χ4n) is 2.43. The lowest BCUT2D eigenvalue weighted by atomic mass is 9.93. The van der Waals surface area contributed by atoms with Crippen molar-refractivity contribution in [1.82, 2.24) is 5.32 Å². The summed E-state index contributed by atoms with van der Waals surface area (Å²) >= 11 is 0.